The maximum absolute atomic E-state index is 13.2. The molecule has 2 aliphatic heterocycles. The summed E-state index contributed by atoms with van der Waals surface area (Å²) < 4.78 is 10.9. The van der Waals surface area contributed by atoms with E-state index in [0.717, 1.165) is 35.7 Å². The molecule has 0 aromatic heterocycles. The molecule has 2 N–H and O–H groups in total. The van der Waals surface area contributed by atoms with Crippen LogP contribution in [0.25, 0.3) is 0 Å². The Kier molecular flexibility index (Phi) is 4.54. The fourth-order valence-corrected chi connectivity index (χ4v) is 4.10. The van der Waals surface area contributed by atoms with Gasteiger partial charge >= 0.3 is 0 Å². The first-order valence-electron chi connectivity index (χ1n) is 10.5. The van der Waals surface area contributed by atoms with Gasteiger partial charge in [0.05, 0.1) is 11.5 Å². The van der Waals surface area contributed by atoms with Crippen LogP contribution in [0.5, 0.6) is 11.5 Å². The first kappa shape index (κ1) is 18.8. The third-order valence-electron chi connectivity index (χ3n) is 6.20. The number of dihydropyridines is 1. The Balaban J connectivity index is 1.28. The first-order chi connectivity index (χ1) is 14.5. The van der Waals surface area contributed by atoms with Crippen LogP contribution in [0, 0.1) is 0 Å². The molecule has 0 spiro atoms. The van der Waals surface area contributed by atoms with Gasteiger partial charge in [0, 0.05) is 0 Å². The monoisotopic (exact) mass is 402 g/mol. The summed E-state index contributed by atoms with van der Waals surface area (Å²) in [6.07, 6.45) is 7.67. The van der Waals surface area contributed by atoms with E-state index in [1.165, 1.54) is 11.1 Å². The van der Waals surface area contributed by atoms with E-state index in [4.69, 9.17) is 9.47 Å². The summed E-state index contributed by atoms with van der Waals surface area (Å²) in [6, 6.07) is 14.5. The third-order valence-corrected chi connectivity index (χ3v) is 6.20. The molecule has 5 rings (SSSR count). The molecule has 1 amide bonds. The van der Waals surface area contributed by atoms with Crippen LogP contribution in [0.1, 0.15) is 55.3 Å². The Labute approximate surface area is 176 Å². The zero-order valence-electron chi connectivity index (χ0n) is 17.3. The van der Waals surface area contributed by atoms with Crippen LogP contribution in [0.2, 0.25) is 0 Å². The molecule has 2 aromatic carbocycles. The van der Waals surface area contributed by atoms with E-state index in [2.05, 4.69) is 54.8 Å². The van der Waals surface area contributed by atoms with Gasteiger partial charge < -0.3 is 20.1 Å². The minimum absolute atomic E-state index is 0.0179. The molecule has 3 aliphatic rings. The fourth-order valence-electron chi connectivity index (χ4n) is 4.10. The summed E-state index contributed by atoms with van der Waals surface area (Å²) >= 11 is 0. The topological polar surface area (TPSA) is 59.6 Å². The Morgan fingerprint density at radius 1 is 1.10 bits per heavy atom. The largest absolute Gasteiger partial charge is 0.454 e. The lowest BCUT2D eigenvalue weighted by Gasteiger charge is -2.25. The zero-order chi connectivity index (χ0) is 20.7. The van der Waals surface area contributed by atoms with E-state index in [0.29, 0.717) is 5.92 Å². The first-order valence-corrected chi connectivity index (χ1v) is 10.5. The molecule has 1 aliphatic carbocycles. The Bertz CT molecular complexity index is 1030. The highest BCUT2D eigenvalue weighted by Crippen LogP contribution is 2.50. The Hall–Kier alpha value is -3.21. The van der Waals surface area contributed by atoms with Gasteiger partial charge in [0.15, 0.2) is 11.5 Å². The third kappa shape index (κ3) is 3.34. The minimum Gasteiger partial charge on any atom is -0.454 e. The van der Waals surface area contributed by atoms with E-state index < -0.39 is 5.41 Å². The molecule has 30 heavy (non-hydrogen) atoms. The molecular formula is C25H26N2O3. The van der Waals surface area contributed by atoms with Crippen LogP contribution in [0.15, 0.2) is 66.5 Å². The molecule has 5 nitrogen and oxygen atoms in total. The molecule has 0 bridgehead atoms. The lowest BCUT2D eigenvalue weighted by molar-refractivity contribution is -0.123. The Morgan fingerprint density at radius 2 is 1.87 bits per heavy atom. The van der Waals surface area contributed by atoms with Gasteiger partial charge in [-0.25, -0.2) is 0 Å². The molecular weight excluding hydrogens is 376 g/mol. The number of ether oxygens (including phenoxy) is 2. The van der Waals surface area contributed by atoms with Crippen LogP contribution >= 0.6 is 0 Å². The van der Waals surface area contributed by atoms with Crippen molar-refractivity contribution in [1.82, 2.24) is 10.6 Å². The van der Waals surface area contributed by atoms with Gasteiger partial charge in [-0.2, -0.15) is 0 Å². The highest BCUT2D eigenvalue weighted by atomic mass is 16.7. The van der Waals surface area contributed by atoms with E-state index >= 15 is 0 Å². The Morgan fingerprint density at radius 3 is 2.60 bits per heavy atom. The van der Waals surface area contributed by atoms with Gasteiger partial charge in [-0.15, -0.1) is 0 Å². The number of carbonyl (C=O) groups excluding carboxylic acids is 1. The predicted molar refractivity (Wildman–Crippen MR) is 115 cm³/mol. The molecule has 1 saturated carbocycles. The standard InChI is InChI=1S/C25H26N2O3/c1-16(2)17-6-8-18(9-7-17)20-4-3-5-23(26-20)27-24(28)25(12-13-25)19-10-11-21-22(14-19)30-15-29-21/h3-11,14,16,20,26H,12-13,15H2,1-2H3,(H,27,28). The van der Waals surface area contributed by atoms with Crippen molar-refractivity contribution in [3.63, 3.8) is 0 Å². The number of hydrogen-bond acceptors (Lipinski definition) is 4. The number of hydrogen-bond donors (Lipinski definition) is 2. The maximum Gasteiger partial charge on any atom is 0.236 e. The van der Waals surface area contributed by atoms with Crippen molar-refractivity contribution in [2.45, 2.75) is 44.1 Å². The predicted octanol–water partition coefficient (Wildman–Crippen LogP) is 4.43. The summed E-state index contributed by atoms with van der Waals surface area (Å²) in [6.45, 7) is 4.62. The van der Waals surface area contributed by atoms with Crippen LogP contribution in [0.3, 0.4) is 0 Å². The smallest absolute Gasteiger partial charge is 0.236 e. The number of carbonyl (C=O) groups is 1. The van der Waals surface area contributed by atoms with Crippen LogP contribution in [0.4, 0.5) is 0 Å². The molecule has 1 atom stereocenters. The number of rotatable bonds is 5. The quantitative estimate of drug-likeness (QED) is 0.777. The van der Waals surface area contributed by atoms with Crippen molar-refractivity contribution >= 4 is 5.91 Å². The van der Waals surface area contributed by atoms with E-state index in [9.17, 15) is 4.79 Å². The molecule has 2 aromatic rings. The highest BCUT2D eigenvalue weighted by molar-refractivity contribution is 5.92. The molecule has 154 valence electrons. The van der Waals surface area contributed by atoms with Crippen LogP contribution in [-0.4, -0.2) is 12.7 Å². The molecule has 0 radical (unpaired) electrons. The van der Waals surface area contributed by atoms with Crippen LogP contribution in [-0.2, 0) is 10.2 Å². The zero-order valence-corrected chi connectivity index (χ0v) is 17.3. The SMILES string of the molecule is CC(C)c1ccc(C2C=CC=C(NC(=O)C3(c4ccc5c(c4)OCO5)CC3)N2)cc1. The van der Waals surface area contributed by atoms with Gasteiger partial charge in [0.2, 0.25) is 12.7 Å². The van der Waals surface area contributed by atoms with E-state index in [-0.39, 0.29) is 18.7 Å². The number of allylic oxidation sites excluding steroid dienone is 2. The lowest BCUT2D eigenvalue weighted by atomic mass is 9.94. The molecule has 1 fully saturated rings. The molecule has 0 saturated heterocycles. The van der Waals surface area contributed by atoms with Crippen molar-refractivity contribution in [2.24, 2.45) is 0 Å². The summed E-state index contributed by atoms with van der Waals surface area (Å²) in [4.78, 5) is 13.2. The van der Waals surface area contributed by atoms with Gasteiger partial charge in [-0.3, -0.25) is 4.79 Å². The average Bonchev–Trinajstić information content (AvgIpc) is 3.45. The van der Waals surface area contributed by atoms with Crippen molar-refractivity contribution in [3.05, 3.63) is 83.2 Å². The van der Waals surface area contributed by atoms with Crippen molar-refractivity contribution in [2.75, 3.05) is 6.79 Å². The second kappa shape index (κ2) is 7.24. The molecule has 5 heteroatoms. The van der Waals surface area contributed by atoms with Gasteiger partial charge in [-0.05, 0) is 53.7 Å². The van der Waals surface area contributed by atoms with Crippen LogP contribution < -0.4 is 20.1 Å². The minimum atomic E-state index is -0.487. The van der Waals surface area contributed by atoms with Gasteiger partial charge in [0.1, 0.15) is 5.82 Å². The average molecular weight is 402 g/mol. The highest BCUT2D eigenvalue weighted by Gasteiger charge is 2.52. The van der Waals surface area contributed by atoms with E-state index in [1.54, 1.807) is 0 Å². The number of fused-ring (bicyclic) bond motifs is 1. The summed E-state index contributed by atoms with van der Waals surface area (Å²) in [5, 5.41) is 6.54. The number of nitrogens with one attached hydrogen (secondary N) is 2. The fraction of sp³-hybridized carbons (Fsp3) is 0.320. The second-order valence-electron chi connectivity index (χ2n) is 8.51. The maximum atomic E-state index is 13.2. The molecule has 2 heterocycles. The van der Waals surface area contributed by atoms with Gasteiger partial charge in [-0.1, -0.05) is 56.3 Å². The second-order valence-corrected chi connectivity index (χ2v) is 8.51. The summed E-state index contributed by atoms with van der Waals surface area (Å²) in [5.74, 6) is 2.71. The molecule has 1 unspecified atom stereocenters. The normalized spacial score (nSPS) is 20.5. The van der Waals surface area contributed by atoms with Crippen molar-refractivity contribution < 1.29 is 14.3 Å². The summed E-state index contributed by atoms with van der Waals surface area (Å²) in [7, 11) is 0. The van der Waals surface area contributed by atoms with E-state index in [1.807, 2.05) is 30.4 Å². The summed E-state index contributed by atoms with van der Waals surface area (Å²) in [5.41, 5.74) is 2.99. The number of amides is 1. The lowest BCUT2D eigenvalue weighted by Crippen LogP contribution is -2.40. The van der Waals surface area contributed by atoms with Crippen molar-refractivity contribution in [1.29, 1.82) is 0 Å². The van der Waals surface area contributed by atoms with Crippen molar-refractivity contribution in [3.8, 4) is 11.5 Å². The van der Waals surface area contributed by atoms with Gasteiger partial charge in [0.25, 0.3) is 0 Å². The number of benzene rings is 2.